The molecule has 0 aliphatic carbocycles. The molecule has 1 unspecified atom stereocenters. The Morgan fingerprint density at radius 1 is 1.45 bits per heavy atom. The predicted octanol–water partition coefficient (Wildman–Crippen LogP) is 2.61. The van der Waals surface area contributed by atoms with Crippen LogP contribution in [0.25, 0.3) is 0 Å². The summed E-state index contributed by atoms with van der Waals surface area (Å²) in [6.45, 7) is 4.20. The van der Waals surface area contributed by atoms with Gasteiger partial charge in [0.25, 0.3) is 5.91 Å². The Morgan fingerprint density at radius 3 is 2.82 bits per heavy atom. The van der Waals surface area contributed by atoms with Gasteiger partial charge < -0.3 is 10.2 Å². The summed E-state index contributed by atoms with van der Waals surface area (Å²) in [5, 5.41) is 2.59. The van der Waals surface area contributed by atoms with Crippen molar-refractivity contribution in [2.45, 2.75) is 25.9 Å². The zero-order valence-electron chi connectivity index (χ0n) is 12.3. The molecule has 7 heteroatoms. The highest BCUT2D eigenvalue weighted by molar-refractivity contribution is 6.33. The Balaban J connectivity index is 2.02. The number of likely N-dealkylation sites (tertiary alicyclic amines) is 1. The van der Waals surface area contributed by atoms with Gasteiger partial charge in [0.2, 0.25) is 0 Å². The molecular weight excluding hydrogens is 317 g/mol. The molecule has 2 atom stereocenters. The van der Waals surface area contributed by atoms with E-state index in [1.165, 1.54) is 0 Å². The molecule has 0 spiro atoms. The first-order valence-corrected chi connectivity index (χ1v) is 7.63. The van der Waals surface area contributed by atoms with E-state index in [1.807, 2.05) is 0 Å². The first-order chi connectivity index (χ1) is 10.3. The molecular formula is C15H19ClF3N2O+. The smallest absolute Gasteiger partial charge is 0.327 e. The number of halogens is 4. The average Bonchev–Trinajstić information content (AvgIpc) is 2.40. The van der Waals surface area contributed by atoms with Gasteiger partial charge in [-0.15, -0.1) is 0 Å². The van der Waals surface area contributed by atoms with Crippen molar-refractivity contribution in [3.63, 3.8) is 0 Å². The van der Waals surface area contributed by atoms with Gasteiger partial charge in [0, 0.05) is 5.92 Å². The predicted molar refractivity (Wildman–Crippen MR) is 79.0 cm³/mol. The van der Waals surface area contributed by atoms with E-state index in [4.69, 9.17) is 11.6 Å². The molecule has 3 nitrogen and oxygen atoms in total. The lowest BCUT2D eigenvalue weighted by Crippen LogP contribution is -3.14. The highest BCUT2D eigenvalue weighted by Crippen LogP contribution is 2.33. The van der Waals surface area contributed by atoms with Gasteiger partial charge in [-0.3, -0.25) is 4.79 Å². The monoisotopic (exact) mass is 335 g/mol. The van der Waals surface area contributed by atoms with Crippen LogP contribution in [0.5, 0.6) is 0 Å². The van der Waals surface area contributed by atoms with Crippen LogP contribution in [0.1, 0.15) is 25.3 Å². The molecule has 0 bridgehead atoms. The molecule has 0 saturated carbocycles. The lowest BCUT2D eigenvalue weighted by Gasteiger charge is -2.27. The van der Waals surface area contributed by atoms with Crippen LogP contribution in [0, 0.1) is 5.92 Å². The fourth-order valence-electron chi connectivity index (χ4n) is 2.78. The van der Waals surface area contributed by atoms with Crippen molar-refractivity contribution < 1.29 is 22.9 Å². The van der Waals surface area contributed by atoms with Crippen molar-refractivity contribution >= 4 is 23.2 Å². The first-order valence-electron chi connectivity index (χ1n) is 7.26. The largest absolute Gasteiger partial charge is 0.416 e. The molecule has 2 rings (SSSR count). The van der Waals surface area contributed by atoms with Gasteiger partial charge in [-0.25, -0.2) is 0 Å². The number of carbonyl (C=O) groups is 1. The number of anilines is 1. The third-order valence-electron chi connectivity index (χ3n) is 3.84. The molecule has 1 aromatic rings. The van der Waals surface area contributed by atoms with Gasteiger partial charge in [0.1, 0.15) is 0 Å². The Hall–Kier alpha value is -1.27. The van der Waals surface area contributed by atoms with Crippen molar-refractivity contribution in [2.75, 3.05) is 25.0 Å². The van der Waals surface area contributed by atoms with Crippen molar-refractivity contribution in [3.05, 3.63) is 28.8 Å². The quantitative estimate of drug-likeness (QED) is 0.874. The normalized spacial score (nSPS) is 22.4. The standard InChI is InChI=1S/C15H18ClF3N2O/c1-10-3-2-6-21(8-10)9-14(22)20-13-7-11(15(17,18)19)4-5-12(13)16/h4-5,7,10H,2-3,6,8-9H2,1H3,(H,20,22)/p+1/t10-/m0/s1. The number of rotatable bonds is 3. The van der Waals surface area contributed by atoms with Gasteiger partial charge in [-0.1, -0.05) is 18.5 Å². The van der Waals surface area contributed by atoms with Gasteiger partial charge in [-0.05, 0) is 31.0 Å². The van der Waals surface area contributed by atoms with Crippen LogP contribution in [0.15, 0.2) is 18.2 Å². The minimum absolute atomic E-state index is 0.00551. The van der Waals surface area contributed by atoms with E-state index in [-0.39, 0.29) is 23.2 Å². The zero-order chi connectivity index (χ0) is 16.3. The second kappa shape index (κ2) is 6.87. The van der Waals surface area contributed by atoms with Crippen LogP contribution in [-0.2, 0) is 11.0 Å². The SMILES string of the molecule is C[C@H]1CCC[NH+](CC(=O)Nc2cc(C(F)(F)F)ccc2Cl)C1. The molecule has 1 aliphatic heterocycles. The maximum atomic E-state index is 12.7. The van der Waals surface area contributed by atoms with E-state index < -0.39 is 11.7 Å². The fourth-order valence-corrected chi connectivity index (χ4v) is 2.94. The van der Waals surface area contributed by atoms with E-state index in [9.17, 15) is 18.0 Å². The lowest BCUT2D eigenvalue weighted by atomic mass is 10.0. The van der Waals surface area contributed by atoms with E-state index in [0.29, 0.717) is 5.92 Å². The maximum absolute atomic E-state index is 12.7. The number of hydrogen-bond donors (Lipinski definition) is 2. The molecule has 1 aliphatic rings. The number of piperidine rings is 1. The summed E-state index contributed by atoms with van der Waals surface area (Å²) in [6, 6.07) is 2.92. The molecule has 1 heterocycles. The zero-order valence-corrected chi connectivity index (χ0v) is 13.0. The van der Waals surface area contributed by atoms with Crippen molar-refractivity contribution in [3.8, 4) is 0 Å². The molecule has 1 fully saturated rings. The van der Waals surface area contributed by atoms with E-state index >= 15 is 0 Å². The number of carbonyl (C=O) groups excluding carboxylic acids is 1. The number of hydrogen-bond acceptors (Lipinski definition) is 1. The summed E-state index contributed by atoms with van der Waals surface area (Å²) >= 11 is 5.87. The van der Waals surface area contributed by atoms with Crippen molar-refractivity contribution in [1.82, 2.24) is 0 Å². The number of quaternary nitrogens is 1. The summed E-state index contributed by atoms with van der Waals surface area (Å²) in [4.78, 5) is 13.2. The molecule has 2 N–H and O–H groups in total. The lowest BCUT2D eigenvalue weighted by molar-refractivity contribution is -0.900. The number of alkyl halides is 3. The maximum Gasteiger partial charge on any atom is 0.416 e. The molecule has 0 radical (unpaired) electrons. The first kappa shape index (κ1) is 17.1. The van der Waals surface area contributed by atoms with Crippen molar-refractivity contribution in [2.24, 2.45) is 5.92 Å². The highest BCUT2D eigenvalue weighted by Gasteiger charge is 2.31. The average molecular weight is 336 g/mol. The van der Waals surface area contributed by atoms with E-state index in [1.54, 1.807) is 0 Å². The molecule has 0 aromatic heterocycles. The van der Waals surface area contributed by atoms with Crippen LogP contribution in [0.4, 0.5) is 18.9 Å². The summed E-state index contributed by atoms with van der Waals surface area (Å²) in [5.74, 6) is 0.249. The van der Waals surface area contributed by atoms with Crippen LogP contribution in [0.3, 0.4) is 0 Å². The molecule has 22 heavy (non-hydrogen) atoms. The Bertz CT molecular complexity index is 548. The van der Waals surface area contributed by atoms with E-state index in [2.05, 4.69) is 12.2 Å². The molecule has 1 amide bonds. The number of benzene rings is 1. The summed E-state index contributed by atoms with van der Waals surface area (Å²) in [6.07, 6.45) is -2.24. The molecule has 1 saturated heterocycles. The van der Waals surface area contributed by atoms with Crippen molar-refractivity contribution in [1.29, 1.82) is 0 Å². The second-order valence-corrected chi connectivity index (χ2v) is 6.28. The Morgan fingerprint density at radius 2 is 2.18 bits per heavy atom. The summed E-state index contributed by atoms with van der Waals surface area (Å²) in [5.41, 5.74) is -0.822. The van der Waals surface area contributed by atoms with Crippen LogP contribution in [-0.4, -0.2) is 25.5 Å². The Kier molecular flexibility index (Phi) is 5.34. The minimum Gasteiger partial charge on any atom is -0.327 e. The second-order valence-electron chi connectivity index (χ2n) is 5.87. The number of nitrogens with one attached hydrogen (secondary N) is 2. The van der Waals surface area contributed by atoms with Crippen LogP contribution >= 0.6 is 11.6 Å². The van der Waals surface area contributed by atoms with Crippen LogP contribution in [0.2, 0.25) is 5.02 Å². The highest BCUT2D eigenvalue weighted by atomic mass is 35.5. The minimum atomic E-state index is -4.46. The fraction of sp³-hybridized carbons (Fsp3) is 0.533. The van der Waals surface area contributed by atoms with E-state index in [0.717, 1.165) is 49.0 Å². The van der Waals surface area contributed by atoms with Gasteiger partial charge >= 0.3 is 6.18 Å². The summed E-state index contributed by atoms with van der Waals surface area (Å²) in [7, 11) is 0. The third kappa shape index (κ3) is 4.61. The molecule has 1 aromatic carbocycles. The summed E-state index contributed by atoms with van der Waals surface area (Å²) < 4.78 is 38.1. The number of amides is 1. The van der Waals surface area contributed by atoms with Gasteiger partial charge in [0.05, 0.1) is 29.4 Å². The van der Waals surface area contributed by atoms with Gasteiger partial charge in [0.15, 0.2) is 6.54 Å². The van der Waals surface area contributed by atoms with Gasteiger partial charge in [-0.2, -0.15) is 13.2 Å². The molecule has 122 valence electrons. The topological polar surface area (TPSA) is 33.5 Å². The third-order valence-corrected chi connectivity index (χ3v) is 4.17. The van der Waals surface area contributed by atoms with Crippen LogP contribution < -0.4 is 10.2 Å². The Labute approximate surface area is 132 Å².